The van der Waals surface area contributed by atoms with Crippen LogP contribution in [0.25, 0.3) is 0 Å². The van der Waals surface area contributed by atoms with Crippen molar-refractivity contribution in [2.75, 3.05) is 13.7 Å². The van der Waals surface area contributed by atoms with Crippen LogP contribution in [0.4, 0.5) is 0 Å². The Kier molecular flexibility index (Phi) is 5.15. The number of aromatic nitrogens is 2. The van der Waals surface area contributed by atoms with Crippen LogP contribution in [0.5, 0.6) is 0 Å². The van der Waals surface area contributed by atoms with E-state index < -0.39 is 0 Å². The molecule has 1 rings (SSSR count). The van der Waals surface area contributed by atoms with E-state index >= 15 is 0 Å². The highest BCUT2D eigenvalue weighted by Crippen LogP contribution is 2.08. The summed E-state index contributed by atoms with van der Waals surface area (Å²) in [6.45, 7) is 11.2. The molecule has 0 unspecified atom stereocenters. The number of hydrogen-bond acceptors (Lipinski definition) is 3. The Balaban J connectivity index is 2.50. The predicted molar refractivity (Wildman–Crippen MR) is 70.0 cm³/mol. The second-order valence-electron chi connectivity index (χ2n) is 5.45. The fourth-order valence-corrected chi connectivity index (χ4v) is 1.58. The van der Waals surface area contributed by atoms with Crippen molar-refractivity contribution in [3.63, 3.8) is 0 Å². The maximum atomic E-state index is 5.04. The van der Waals surface area contributed by atoms with Crippen LogP contribution in [0.15, 0.2) is 6.20 Å². The summed E-state index contributed by atoms with van der Waals surface area (Å²) in [7, 11) is 1.73. The van der Waals surface area contributed by atoms with Crippen molar-refractivity contribution in [3.8, 4) is 0 Å². The molecular formula is C13H25N3O. The average Bonchev–Trinajstić information content (AvgIpc) is 2.56. The SMILES string of the molecule is COCCCn1cc(CNC(C)(C)C)c(C)n1. The standard InChI is InChI=1S/C13H25N3O/c1-11-12(9-14-13(2,3)4)10-16(15-11)7-6-8-17-5/h10,14H,6-9H2,1-5H3. The maximum absolute atomic E-state index is 5.04. The number of methoxy groups -OCH3 is 1. The molecule has 0 saturated carbocycles. The molecule has 0 aliphatic heterocycles. The molecule has 0 radical (unpaired) electrons. The molecule has 1 aromatic heterocycles. The molecule has 0 amide bonds. The molecule has 0 saturated heterocycles. The van der Waals surface area contributed by atoms with Crippen LogP contribution in [0.1, 0.15) is 38.4 Å². The highest BCUT2D eigenvalue weighted by Gasteiger charge is 2.11. The molecular weight excluding hydrogens is 214 g/mol. The monoisotopic (exact) mass is 239 g/mol. The molecule has 0 atom stereocenters. The Morgan fingerprint density at radius 3 is 2.71 bits per heavy atom. The smallest absolute Gasteiger partial charge is 0.0638 e. The lowest BCUT2D eigenvalue weighted by molar-refractivity contribution is 0.189. The third kappa shape index (κ3) is 5.33. The summed E-state index contributed by atoms with van der Waals surface area (Å²) in [6.07, 6.45) is 3.13. The van der Waals surface area contributed by atoms with Gasteiger partial charge in [0, 0.05) is 44.1 Å². The van der Waals surface area contributed by atoms with Gasteiger partial charge in [0.15, 0.2) is 0 Å². The molecule has 4 nitrogen and oxygen atoms in total. The van der Waals surface area contributed by atoms with Crippen molar-refractivity contribution in [1.82, 2.24) is 15.1 Å². The van der Waals surface area contributed by atoms with Crippen molar-refractivity contribution in [2.45, 2.75) is 52.7 Å². The first-order valence-corrected chi connectivity index (χ1v) is 6.19. The zero-order valence-electron chi connectivity index (χ0n) is 11.7. The Morgan fingerprint density at radius 2 is 2.12 bits per heavy atom. The van der Waals surface area contributed by atoms with Gasteiger partial charge in [-0.05, 0) is 34.1 Å². The maximum Gasteiger partial charge on any atom is 0.0638 e. The van der Waals surface area contributed by atoms with Gasteiger partial charge in [0.1, 0.15) is 0 Å². The summed E-state index contributed by atoms with van der Waals surface area (Å²) in [4.78, 5) is 0. The Hall–Kier alpha value is -0.870. The minimum atomic E-state index is 0.143. The van der Waals surface area contributed by atoms with E-state index in [1.165, 1.54) is 5.56 Å². The Labute approximate surface area is 104 Å². The number of nitrogens with one attached hydrogen (secondary N) is 1. The van der Waals surface area contributed by atoms with Crippen LogP contribution in [0, 0.1) is 6.92 Å². The van der Waals surface area contributed by atoms with E-state index in [1.54, 1.807) is 7.11 Å². The van der Waals surface area contributed by atoms with Crippen molar-refractivity contribution in [1.29, 1.82) is 0 Å². The van der Waals surface area contributed by atoms with Crippen molar-refractivity contribution < 1.29 is 4.74 Å². The molecule has 1 aromatic rings. The molecule has 0 spiro atoms. The number of aryl methyl sites for hydroxylation is 2. The highest BCUT2D eigenvalue weighted by atomic mass is 16.5. The third-order valence-corrected chi connectivity index (χ3v) is 2.59. The van der Waals surface area contributed by atoms with Gasteiger partial charge < -0.3 is 10.1 Å². The van der Waals surface area contributed by atoms with Gasteiger partial charge >= 0.3 is 0 Å². The van der Waals surface area contributed by atoms with E-state index in [4.69, 9.17) is 4.74 Å². The summed E-state index contributed by atoms with van der Waals surface area (Å²) in [5, 5.41) is 7.99. The van der Waals surface area contributed by atoms with E-state index in [1.807, 2.05) is 4.68 Å². The molecule has 0 bridgehead atoms. The first kappa shape index (κ1) is 14.2. The molecule has 0 fully saturated rings. The van der Waals surface area contributed by atoms with E-state index in [-0.39, 0.29) is 5.54 Å². The summed E-state index contributed by atoms with van der Waals surface area (Å²) in [5.41, 5.74) is 2.53. The lowest BCUT2D eigenvalue weighted by Crippen LogP contribution is -2.35. The quantitative estimate of drug-likeness (QED) is 0.773. The Bertz CT molecular complexity index is 339. The third-order valence-electron chi connectivity index (χ3n) is 2.59. The van der Waals surface area contributed by atoms with Gasteiger partial charge in [0.2, 0.25) is 0 Å². The largest absolute Gasteiger partial charge is 0.385 e. The van der Waals surface area contributed by atoms with Crippen molar-refractivity contribution >= 4 is 0 Å². The fraction of sp³-hybridized carbons (Fsp3) is 0.769. The van der Waals surface area contributed by atoms with Gasteiger partial charge in [-0.2, -0.15) is 5.10 Å². The van der Waals surface area contributed by atoms with Gasteiger partial charge in [-0.1, -0.05) is 0 Å². The van der Waals surface area contributed by atoms with Crippen LogP contribution in [-0.2, 0) is 17.8 Å². The molecule has 1 N–H and O–H groups in total. The Morgan fingerprint density at radius 1 is 1.41 bits per heavy atom. The van der Waals surface area contributed by atoms with E-state index in [0.717, 1.165) is 31.8 Å². The zero-order valence-corrected chi connectivity index (χ0v) is 11.7. The second-order valence-corrected chi connectivity index (χ2v) is 5.45. The molecule has 4 heteroatoms. The highest BCUT2D eigenvalue weighted by molar-refractivity contribution is 5.15. The first-order valence-electron chi connectivity index (χ1n) is 6.19. The molecule has 0 aliphatic rings. The molecule has 0 aromatic carbocycles. The van der Waals surface area contributed by atoms with Gasteiger partial charge in [0.25, 0.3) is 0 Å². The number of hydrogen-bond donors (Lipinski definition) is 1. The molecule has 0 aliphatic carbocycles. The van der Waals surface area contributed by atoms with Gasteiger partial charge in [0.05, 0.1) is 5.69 Å². The van der Waals surface area contributed by atoms with Crippen LogP contribution in [0.2, 0.25) is 0 Å². The number of rotatable bonds is 6. The van der Waals surface area contributed by atoms with Crippen molar-refractivity contribution in [3.05, 3.63) is 17.5 Å². The van der Waals surface area contributed by atoms with Gasteiger partial charge in [-0.15, -0.1) is 0 Å². The summed E-state index contributed by atoms with van der Waals surface area (Å²) < 4.78 is 7.05. The second kappa shape index (κ2) is 6.17. The minimum Gasteiger partial charge on any atom is -0.385 e. The van der Waals surface area contributed by atoms with Crippen LogP contribution >= 0.6 is 0 Å². The number of ether oxygens (including phenoxy) is 1. The summed E-state index contributed by atoms with van der Waals surface area (Å²) >= 11 is 0. The topological polar surface area (TPSA) is 39.1 Å². The van der Waals surface area contributed by atoms with Crippen molar-refractivity contribution in [2.24, 2.45) is 0 Å². The van der Waals surface area contributed by atoms with Crippen LogP contribution in [0.3, 0.4) is 0 Å². The first-order chi connectivity index (χ1) is 7.92. The summed E-state index contributed by atoms with van der Waals surface area (Å²) in [5.74, 6) is 0. The number of nitrogens with zero attached hydrogens (tertiary/aromatic N) is 2. The lowest BCUT2D eigenvalue weighted by atomic mass is 10.1. The van der Waals surface area contributed by atoms with Gasteiger partial charge in [-0.25, -0.2) is 0 Å². The van der Waals surface area contributed by atoms with E-state index in [9.17, 15) is 0 Å². The van der Waals surface area contributed by atoms with E-state index in [2.05, 4.69) is 44.3 Å². The normalized spacial score (nSPS) is 12.1. The van der Waals surface area contributed by atoms with Crippen LogP contribution < -0.4 is 5.32 Å². The molecule has 1 heterocycles. The van der Waals surface area contributed by atoms with E-state index in [0.29, 0.717) is 0 Å². The van der Waals surface area contributed by atoms with Crippen LogP contribution in [-0.4, -0.2) is 29.0 Å². The molecule has 17 heavy (non-hydrogen) atoms. The lowest BCUT2D eigenvalue weighted by Gasteiger charge is -2.20. The fourth-order valence-electron chi connectivity index (χ4n) is 1.58. The zero-order chi connectivity index (χ0) is 12.9. The summed E-state index contributed by atoms with van der Waals surface area (Å²) in [6, 6.07) is 0. The average molecular weight is 239 g/mol. The molecule has 98 valence electrons. The van der Waals surface area contributed by atoms with Gasteiger partial charge in [-0.3, -0.25) is 4.68 Å². The predicted octanol–water partition coefficient (Wildman–Crippen LogP) is 2.12. The minimum absolute atomic E-state index is 0.143.